The molecule has 7 nitrogen and oxygen atoms in total. The minimum absolute atomic E-state index is 0.208. The van der Waals surface area contributed by atoms with Gasteiger partial charge in [-0.15, -0.1) is 10.2 Å². The van der Waals surface area contributed by atoms with Gasteiger partial charge in [0.25, 0.3) is 5.91 Å². The Morgan fingerprint density at radius 1 is 1.09 bits per heavy atom. The molecule has 0 fully saturated rings. The molecule has 0 bridgehead atoms. The third-order valence-electron chi connectivity index (χ3n) is 6.16. The van der Waals surface area contributed by atoms with Crippen molar-refractivity contribution in [2.45, 2.75) is 45.6 Å². The van der Waals surface area contributed by atoms with Crippen LogP contribution in [0.3, 0.4) is 0 Å². The number of hydrogen-bond donors (Lipinski definition) is 1. The zero-order chi connectivity index (χ0) is 23.5. The molecule has 8 heteroatoms. The highest BCUT2D eigenvalue weighted by Crippen LogP contribution is 2.25. The monoisotopic (exact) mass is 458 g/mol. The third-order valence-corrected chi connectivity index (χ3v) is 6.16. The van der Waals surface area contributed by atoms with Gasteiger partial charge in [-0.1, -0.05) is 30.2 Å². The van der Waals surface area contributed by atoms with Crippen LogP contribution in [0.25, 0.3) is 16.9 Å². The molecule has 3 heterocycles. The van der Waals surface area contributed by atoms with Gasteiger partial charge in [0.15, 0.2) is 0 Å². The number of fused-ring (bicyclic) bond motifs is 1. The van der Waals surface area contributed by atoms with E-state index in [-0.39, 0.29) is 11.7 Å². The zero-order valence-electron chi connectivity index (χ0n) is 19.2. The lowest BCUT2D eigenvalue weighted by Gasteiger charge is -2.08. The largest absolute Gasteiger partial charge is 0.351 e. The molecular formula is C26H27FN6O. The molecule has 34 heavy (non-hydrogen) atoms. The number of amides is 1. The SMILES string of the molecule is Cc1cccc(-c2nn(-c3ccc(F)cc3)cc2C(=O)NCCc2nnc3n2CCCCC3)c1. The molecule has 5 rings (SSSR count). The van der Waals surface area contributed by atoms with E-state index in [0.29, 0.717) is 29.9 Å². The van der Waals surface area contributed by atoms with Crippen molar-refractivity contribution in [3.05, 3.63) is 83.3 Å². The van der Waals surface area contributed by atoms with Gasteiger partial charge >= 0.3 is 0 Å². The summed E-state index contributed by atoms with van der Waals surface area (Å²) >= 11 is 0. The van der Waals surface area contributed by atoms with Crippen molar-refractivity contribution in [3.63, 3.8) is 0 Å². The quantitative estimate of drug-likeness (QED) is 0.468. The van der Waals surface area contributed by atoms with Gasteiger partial charge in [0.1, 0.15) is 23.2 Å². The lowest BCUT2D eigenvalue weighted by molar-refractivity contribution is 0.0954. The van der Waals surface area contributed by atoms with Gasteiger partial charge in [0.05, 0.1) is 11.3 Å². The molecule has 1 N–H and O–H groups in total. The fourth-order valence-corrected chi connectivity index (χ4v) is 4.39. The zero-order valence-corrected chi connectivity index (χ0v) is 19.2. The maximum Gasteiger partial charge on any atom is 0.255 e. The van der Waals surface area contributed by atoms with Crippen LogP contribution in [0.1, 0.15) is 46.8 Å². The van der Waals surface area contributed by atoms with E-state index in [1.165, 1.54) is 18.6 Å². The molecule has 0 aliphatic carbocycles. The van der Waals surface area contributed by atoms with E-state index < -0.39 is 0 Å². The fourth-order valence-electron chi connectivity index (χ4n) is 4.39. The number of aromatic nitrogens is 5. The van der Waals surface area contributed by atoms with Crippen molar-refractivity contribution in [2.75, 3.05) is 6.54 Å². The lowest BCUT2D eigenvalue weighted by Crippen LogP contribution is -2.26. The first-order chi connectivity index (χ1) is 16.6. The summed E-state index contributed by atoms with van der Waals surface area (Å²) in [7, 11) is 0. The van der Waals surface area contributed by atoms with Gasteiger partial charge < -0.3 is 9.88 Å². The maximum atomic E-state index is 13.4. The fraction of sp³-hybridized carbons (Fsp3) is 0.308. The summed E-state index contributed by atoms with van der Waals surface area (Å²) in [5.41, 5.74) is 3.67. The molecule has 174 valence electrons. The Morgan fingerprint density at radius 2 is 1.94 bits per heavy atom. The Labute approximate surface area is 197 Å². The second kappa shape index (κ2) is 9.59. The number of nitrogens with one attached hydrogen (secondary N) is 1. The molecule has 0 saturated carbocycles. The summed E-state index contributed by atoms with van der Waals surface area (Å²) < 4.78 is 17.2. The van der Waals surface area contributed by atoms with E-state index in [1.807, 2.05) is 31.2 Å². The molecule has 2 aromatic carbocycles. The Morgan fingerprint density at radius 3 is 2.76 bits per heavy atom. The molecule has 0 unspecified atom stereocenters. The Balaban J connectivity index is 1.37. The number of halogens is 1. The number of rotatable bonds is 6. The van der Waals surface area contributed by atoms with Gasteiger partial charge in [-0.05, 0) is 50.1 Å². The van der Waals surface area contributed by atoms with E-state index in [0.717, 1.165) is 48.6 Å². The number of nitrogens with zero attached hydrogens (tertiary/aromatic N) is 5. The van der Waals surface area contributed by atoms with Gasteiger partial charge in [-0.2, -0.15) is 5.10 Å². The summed E-state index contributed by atoms with van der Waals surface area (Å²) in [5, 5.41) is 16.4. The minimum atomic E-state index is -0.320. The molecular weight excluding hydrogens is 431 g/mol. The predicted octanol–water partition coefficient (Wildman–Crippen LogP) is 4.28. The van der Waals surface area contributed by atoms with Crippen molar-refractivity contribution >= 4 is 5.91 Å². The van der Waals surface area contributed by atoms with Crippen molar-refractivity contribution < 1.29 is 9.18 Å². The first kappa shape index (κ1) is 22.0. The molecule has 0 atom stereocenters. The number of aryl methyl sites for hydroxylation is 2. The van der Waals surface area contributed by atoms with Crippen LogP contribution in [0.5, 0.6) is 0 Å². The number of carbonyl (C=O) groups excluding carboxylic acids is 1. The summed E-state index contributed by atoms with van der Waals surface area (Å²) in [6.07, 6.45) is 6.76. The molecule has 1 amide bonds. The molecule has 0 saturated heterocycles. The summed E-state index contributed by atoms with van der Waals surface area (Å²) in [6, 6.07) is 13.9. The highest BCUT2D eigenvalue weighted by atomic mass is 19.1. The van der Waals surface area contributed by atoms with Crippen LogP contribution < -0.4 is 5.32 Å². The Bertz CT molecular complexity index is 1310. The van der Waals surface area contributed by atoms with Crippen LogP contribution >= 0.6 is 0 Å². The molecule has 2 aromatic heterocycles. The van der Waals surface area contributed by atoms with E-state index in [2.05, 4.69) is 25.2 Å². The van der Waals surface area contributed by atoms with Crippen LogP contribution in [-0.2, 0) is 19.4 Å². The van der Waals surface area contributed by atoms with Gasteiger partial charge in [0, 0.05) is 37.7 Å². The minimum Gasteiger partial charge on any atom is -0.351 e. The smallest absolute Gasteiger partial charge is 0.255 e. The number of benzene rings is 2. The third kappa shape index (κ3) is 4.62. The van der Waals surface area contributed by atoms with Crippen LogP contribution in [0.15, 0.2) is 54.7 Å². The first-order valence-corrected chi connectivity index (χ1v) is 11.7. The van der Waals surface area contributed by atoms with Crippen LogP contribution in [0.2, 0.25) is 0 Å². The highest BCUT2D eigenvalue weighted by Gasteiger charge is 2.20. The summed E-state index contributed by atoms with van der Waals surface area (Å²) in [4.78, 5) is 13.2. The van der Waals surface area contributed by atoms with E-state index >= 15 is 0 Å². The predicted molar refractivity (Wildman–Crippen MR) is 127 cm³/mol. The molecule has 0 spiro atoms. The normalized spacial score (nSPS) is 13.4. The number of hydrogen-bond acceptors (Lipinski definition) is 4. The van der Waals surface area contributed by atoms with E-state index in [1.54, 1.807) is 23.0 Å². The second-order valence-electron chi connectivity index (χ2n) is 8.68. The lowest BCUT2D eigenvalue weighted by atomic mass is 10.1. The first-order valence-electron chi connectivity index (χ1n) is 11.7. The second-order valence-corrected chi connectivity index (χ2v) is 8.68. The molecule has 4 aromatic rings. The van der Waals surface area contributed by atoms with Gasteiger partial charge in [-0.3, -0.25) is 4.79 Å². The topological polar surface area (TPSA) is 77.6 Å². The van der Waals surface area contributed by atoms with Crippen LogP contribution in [0, 0.1) is 12.7 Å². The highest BCUT2D eigenvalue weighted by molar-refractivity contribution is 6.00. The maximum absolute atomic E-state index is 13.4. The Hall–Kier alpha value is -3.81. The molecule has 1 aliphatic rings. The van der Waals surface area contributed by atoms with Crippen molar-refractivity contribution in [2.24, 2.45) is 0 Å². The molecule has 0 radical (unpaired) electrons. The van der Waals surface area contributed by atoms with Gasteiger partial charge in [0.2, 0.25) is 0 Å². The Kier molecular flexibility index (Phi) is 6.20. The van der Waals surface area contributed by atoms with Crippen molar-refractivity contribution in [1.29, 1.82) is 0 Å². The van der Waals surface area contributed by atoms with Crippen molar-refractivity contribution in [3.8, 4) is 16.9 Å². The van der Waals surface area contributed by atoms with Crippen LogP contribution in [-0.4, -0.2) is 37.0 Å². The average molecular weight is 459 g/mol. The van der Waals surface area contributed by atoms with E-state index in [4.69, 9.17) is 0 Å². The average Bonchev–Trinajstić information content (AvgIpc) is 3.37. The number of carbonyl (C=O) groups is 1. The van der Waals surface area contributed by atoms with Crippen LogP contribution in [0.4, 0.5) is 4.39 Å². The van der Waals surface area contributed by atoms with Gasteiger partial charge in [-0.25, -0.2) is 9.07 Å². The summed E-state index contributed by atoms with van der Waals surface area (Å²) in [6.45, 7) is 3.39. The van der Waals surface area contributed by atoms with Crippen molar-refractivity contribution in [1.82, 2.24) is 29.9 Å². The van der Waals surface area contributed by atoms with E-state index in [9.17, 15) is 9.18 Å². The molecule has 1 aliphatic heterocycles. The standard InChI is InChI=1S/C26H27FN6O/c1-18-6-5-7-19(16-18)25-22(17-33(31-25)21-11-9-20(27)10-12-21)26(34)28-14-13-24-30-29-23-8-3-2-4-15-32(23)24/h5-7,9-12,16-17H,2-4,8,13-15H2,1H3,(H,28,34). The summed E-state index contributed by atoms with van der Waals surface area (Å²) in [5.74, 6) is 1.43.